The molecule has 3 N–H and O–H groups in total. The molecular formula is C14H17Cl2N3. The zero-order valence-corrected chi connectivity index (χ0v) is 12.3. The molecule has 0 aliphatic rings. The summed E-state index contributed by atoms with van der Waals surface area (Å²) < 4.78 is 0. The lowest BCUT2D eigenvalue weighted by Crippen LogP contribution is -2.11. The van der Waals surface area contributed by atoms with Gasteiger partial charge < -0.3 is 10.7 Å². The molecule has 1 aromatic heterocycles. The maximum atomic E-state index is 6.17. The molecule has 2 aromatic rings. The van der Waals surface area contributed by atoms with E-state index in [1.165, 1.54) is 0 Å². The predicted octanol–water partition coefficient (Wildman–Crippen LogP) is 4.57. The molecule has 1 unspecified atom stereocenters. The van der Waals surface area contributed by atoms with Crippen molar-refractivity contribution >= 4 is 23.2 Å². The van der Waals surface area contributed by atoms with Crippen LogP contribution in [0.4, 0.5) is 0 Å². The monoisotopic (exact) mass is 297 g/mol. The van der Waals surface area contributed by atoms with Gasteiger partial charge >= 0.3 is 0 Å². The van der Waals surface area contributed by atoms with Crippen LogP contribution >= 0.6 is 23.2 Å². The molecule has 0 fully saturated rings. The van der Waals surface area contributed by atoms with Crippen LogP contribution in [0, 0.1) is 0 Å². The number of imidazole rings is 1. The standard InChI is InChI=1S/C14H17Cl2N3/c1-2-3-4-12(17)14-18-8-13(19-14)10-7-9(15)5-6-11(10)16/h5-8,12H,2-4,17H2,1H3,(H,18,19). The van der Waals surface area contributed by atoms with Crippen LogP contribution in [0.5, 0.6) is 0 Å². The van der Waals surface area contributed by atoms with Gasteiger partial charge in [-0.2, -0.15) is 0 Å². The fourth-order valence-corrected chi connectivity index (χ4v) is 2.32. The first-order valence-corrected chi connectivity index (χ1v) is 7.13. The third kappa shape index (κ3) is 3.50. The highest BCUT2D eigenvalue weighted by Gasteiger charge is 2.12. The van der Waals surface area contributed by atoms with Crippen LogP contribution in [0.2, 0.25) is 10.0 Å². The summed E-state index contributed by atoms with van der Waals surface area (Å²) in [6.45, 7) is 2.14. The van der Waals surface area contributed by atoms with Crippen molar-refractivity contribution in [2.24, 2.45) is 5.73 Å². The molecule has 0 saturated carbocycles. The van der Waals surface area contributed by atoms with Crippen LogP contribution in [0.3, 0.4) is 0 Å². The van der Waals surface area contributed by atoms with Crippen LogP contribution < -0.4 is 5.73 Å². The minimum Gasteiger partial charge on any atom is -0.341 e. The number of halogens is 2. The summed E-state index contributed by atoms with van der Waals surface area (Å²) in [6.07, 6.45) is 4.89. The van der Waals surface area contributed by atoms with Gasteiger partial charge in [0.1, 0.15) is 5.82 Å². The lowest BCUT2D eigenvalue weighted by atomic mass is 10.1. The van der Waals surface area contributed by atoms with Gasteiger partial charge in [0.2, 0.25) is 0 Å². The van der Waals surface area contributed by atoms with Gasteiger partial charge in [-0.05, 0) is 24.6 Å². The number of hydrogen-bond donors (Lipinski definition) is 2. The van der Waals surface area contributed by atoms with Crippen molar-refractivity contribution < 1.29 is 0 Å². The lowest BCUT2D eigenvalue weighted by Gasteiger charge is -2.07. The van der Waals surface area contributed by atoms with Crippen molar-refractivity contribution in [3.8, 4) is 11.3 Å². The summed E-state index contributed by atoms with van der Waals surface area (Å²) in [6, 6.07) is 5.29. The highest BCUT2D eigenvalue weighted by Crippen LogP contribution is 2.30. The zero-order valence-electron chi connectivity index (χ0n) is 10.8. The van der Waals surface area contributed by atoms with E-state index in [4.69, 9.17) is 28.9 Å². The first-order valence-electron chi connectivity index (χ1n) is 6.37. The number of aromatic amines is 1. The number of nitrogens with two attached hydrogens (primary N) is 1. The second-order valence-corrected chi connectivity index (χ2v) is 5.40. The highest BCUT2D eigenvalue weighted by atomic mass is 35.5. The van der Waals surface area contributed by atoms with Crippen molar-refractivity contribution in [3.63, 3.8) is 0 Å². The van der Waals surface area contributed by atoms with Crippen LogP contribution in [0.15, 0.2) is 24.4 Å². The number of benzene rings is 1. The third-order valence-electron chi connectivity index (χ3n) is 3.03. The van der Waals surface area contributed by atoms with E-state index in [1.54, 1.807) is 18.3 Å². The first kappa shape index (κ1) is 14.4. The molecule has 5 heteroatoms. The maximum absolute atomic E-state index is 6.17. The molecule has 0 amide bonds. The minimum atomic E-state index is -0.0633. The van der Waals surface area contributed by atoms with E-state index in [1.807, 2.05) is 6.07 Å². The molecule has 0 spiro atoms. The van der Waals surface area contributed by atoms with Gasteiger partial charge in [-0.1, -0.05) is 43.0 Å². The van der Waals surface area contributed by atoms with Crippen molar-refractivity contribution in [2.45, 2.75) is 32.2 Å². The number of aromatic nitrogens is 2. The molecule has 102 valence electrons. The minimum absolute atomic E-state index is 0.0633. The molecular weight excluding hydrogens is 281 g/mol. The number of unbranched alkanes of at least 4 members (excludes halogenated alkanes) is 1. The number of rotatable bonds is 5. The van der Waals surface area contributed by atoms with Gasteiger partial charge in [0.05, 0.1) is 23.0 Å². The summed E-state index contributed by atoms with van der Waals surface area (Å²) in [5.74, 6) is 0.791. The Labute approximate surface area is 123 Å². The average molecular weight is 298 g/mol. The SMILES string of the molecule is CCCCC(N)c1ncc(-c2cc(Cl)ccc2Cl)[nH]1. The molecule has 19 heavy (non-hydrogen) atoms. The Kier molecular flexibility index (Phi) is 4.86. The van der Waals surface area contributed by atoms with E-state index >= 15 is 0 Å². The fourth-order valence-electron chi connectivity index (χ4n) is 1.93. The zero-order chi connectivity index (χ0) is 13.8. The van der Waals surface area contributed by atoms with Gasteiger partial charge in [-0.25, -0.2) is 4.98 Å². The van der Waals surface area contributed by atoms with E-state index in [-0.39, 0.29) is 6.04 Å². The van der Waals surface area contributed by atoms with Crippen molar-refractivity contribution in [2.75, 3.05) is 0 Å². The smallest absolute Gasteiger partial charge is 0.123 e. The van der Waals surface area contributed by atoms with E-state index in [0.29, 0.717) is 10.0 Å². The molecule has 0 saturated heterocycles. The average Bonchev–Trinajstić information content (AvgIpc) is 2.88. The second kappa shape index (κ2) is 6.42. The molecule has 0 bridgehead atoms. The Morgan fingerprint density at radius 3 is 2.89 bits per heavy atom. The third-order valence-corrected chi connectivity index (χ3v) is 3.60. The molecule has 1 aromatic carbocycles. The van der Waals surface area contributed by atoms with Gasteiger partial charge in [0.25, 0.3) is 0 Å². The van der Waals surface area contributed by atoms with Crippen molar-refractivity contribution in [1.82, 2.24) is 9.97 Å². The van der Waals surface area contributed by atoms with Crippen LogP contribution in [-0.4, -0.2) is 9.97 Å². The van der Waals surface area contributed by atoms with Gasteiger partial charge in [0, 0.05) is 10.6 Å². The quantitative estimate of drug-likeness (QED) is 0.849. The predicted molar refractivity (Wildman–Crippen MR) is 80.5 cm³/mol. The Hall–Kier alpha value is -1.03. The van der Waals surface area contributed by atoms with Gasteiger partial charge in [0.15, 0.2) is 0 Å². The molecule has 0 radical (unpaired) electrons. The highest BCUT2D eigenvalue weighted by molar-refractivity contribution is 6.35. The van der Waals surface area contributed by atoms with E-state index in [9.17, 15) is 0 Å². The molecule has 1 heterocycles. The fraction of sp³-hybridized carbons (Fsp3) is 0.357. The van der Waals surface area contributed by atoms with E-state index in [2.05, 4.69) is 16.9 Å². The van der Waals surface area contributed by atoms with E-state index < -0.39 is 0 Å². The molecule has 1 atom stereocenters. The lowest BCUT2D eigenvalue weighted by molar-refractivity contribution is 0.580. The number of nitrogens with one attached hydrogen (secondary N) is 1. The summed E-state index contributed by atoms with van der Waals surface area (Å²) in [7, 11) is 0. The number of H-pyrrole nitrogens is 1. The molecule has 0 aliphatic carbocycles. The Morgan fingerprint density at radius 1 is 1.37 bits per heavy atom. The van der Waals surface area contributed by atoms with Crippen LogP contribution in [-0.2, 0) is 0 Å². The molecule has 2 rings (SSSR count). The summed E-state index contributed by atoms with van der Waals surface area (Å²) in [5, 5.41) is 1.28. The summed E-state index contributed by atoms with van der Waals surface area (Å²) in [4.78, 5) is 7.56. The van der Waals surface area contributed by atoms with Crippen molar-refractivity contribution in [3.05, 3.63) is 40.3 Å². The largest absolute Gasteiger partial charge is 0.341 e. The Morgan fingerprint density at radius 2 is 2.16 bits per heavy atom. The maximum Gasteiger partial charge on any atom is 0.123 e. The molecule has 3 nitrogen and oxygen atoms in total. The normalized spacial score (nSPS) is 12.6. The molecule has 0 aliphatic heterocycles. The summed E-state index contributed by atoms with van der Waals surface area (Å²) in [5.41, 5.74) is 7.77. The Bertz CT molecular complexity index is 551. The van der Waals surface area contributed by atoms with Crippen molar-refractivity contribution in [1.29, 1.82) is 0 Å². The number of hydrogen-bond acceptors (Lipinski definition) is 2. The van der Waals surface area contributed by atoms with Gasteiger partial charge in [-0.3, -0.25) is 0 Å². The topological polar surface area (TPSA) is 54.7 Å². The van der Waals surface area contributed by atoms with Crippen LogP contribution in [0.1, 0.15) is 38.1 Å². The van der Waals surface area contributed by atoms with E-state index in [0.717, 1.165) is 36.3 Å². The number of nitrogens with zero attached hydrogens (tertiary/aromatic N) is 1. The van der Waals surface area contributed by atoms with Crippen LogP contribution in [0.25, 0.3) is 11.3 Å². The first-order chi connectivity index (χ1) is 9.11. The van der Waals surface area contributed by atoms with Gasteiger partial charge in [-0.15, -0.1) is 0 Å². The summed E-state index contributed by atoms with van der Waals surface area (Å²) >= 11 is 12.2. The second-order valence-electron chi connectivity index (χ2n) is 4.56. The Balaban J connectivity index is 2.23.